The van der Waals surface area contributed by atoms with Crippen molar-refractivity contribution in [1.29, 1.82) is 0 Å². The number of aliphatic hydroxyl groups is 1. The molecule has 0 aliphatic heterocycles. The summed E-state index contributed by atoms with van der Waals surface area (Å²) in [6.07, 6.45) is 13.9. The molecule has 0 fully saturated rings. The van der Waals surface area contributed by atoms with Gasteiger partial charge in [0.15, 0.2) is 0 Å². The van der Waals surface area contributed by atoms with E-state index in [9.17, 15) is 9.90 Å². The Hall–Kier alpha value is -1.67. The number of allylic oxidation sites excluding steroid dienone is 9. The van der Waals surface area contributed by atoms with Crippen LogP contribution in [0.1, 0.15) is 47.5 Å². The summed E-state index contributed by atoms with van der Waals surface area (Å²) >= 11 is 0. The van der Waals surface area contributed by atoms with Gasteiger partial charge in [-0.3, -0.25) is 4.79 Å². The fourth-order valence-corrected chi connectivity index (χ4v) is 2.96. The molecule has 120 valence electrons. The van der Waals surface area contributed by atoms with Crippen LogP contribution in [0.3, 0.4) is 0 Å². The number of rotatable bonds is 5. The number of hydrogen-bond acceptors (Lipinski definition) is 2. The van der Waals surface area contributed by atoms with E-state index >= 15 is 0 Å². The molecular formula is C20H28O2. The lowest BCUT2D eigenvalue weighted by Gasteiger charge is -2.35. The Kier molecular flexibility index (Phi) is 6.76. The zero-order valence-electron chi connectivity index (χ0n) is 14.4. The first-order valence-electron chi connectivity index (χ1n) is 7.79. The molecule has 0 radical (unpaired) electrons. The topological polar surface area (TPSA) is 37.3 Å². The van der Waals surface area contributed by atoms with Crippen LogP contribution in [0.2, 0.25) is 0 Å². The molecule has 0 spiro atoms. The molecule has 2 nitrogen and oxygen atoms in total. The molecule has 0 amide bonds. The third kappa shape index (κ3) is 5.61. The molecule has 2 heteroatoms. The van der Waals surface area contributed by atoms with Gasteiger partial charge in [-0.05, 0) is 56.3 Å². The van der Waals surface area contributed by atoms with Gasteiger partial charge < -0.3 is 5.11 Å². The van der Waals surface area contributed by atoms with E-state index in [1.807, 2.05) is 25.2 Å². The first-order chi connectivity index (χ1) is 10.3. The van der Waals surface area contributed by atoms with E-state index in [0.29, 0.717) is 0 Å². The third-order valence-electron chi connectivity index (χ3n) is 4.04. The van der Waals surface area contributed by atoms with Crippen molar-refractivity contribution in [3.63, 3.8) is 0 Å². The smallest absolute Gasteiger partial charge is 0.143 e. The van der Waals surface area contributed by atoms with Crippen LogP contribution < -0.4 is 0 Å². The van der Waals surface area contributed by atoms with Gasteiger partial charge in [-0.15, -0.1) is 0 Å². The van der Waals surface area contributed by atoms with Crippen LogP contribution in [0.5, 0.6) is 0 Å². The molecule has 1 atom stereocenters. The Morgan fingerprint density at radius 1 is 1.18 bits per heavy atom. The maximum atomic E-state index is 10.3. The van der Waals surface area contributed by atoms with E-state index in [0.717, 1.165) is 30.3 Å². The van der Waals surface area contributed by atoms with Crippen LogP contribution in [-0.4, -0.2) is 17.5 Å². The molecule has 0 aromatic rings. The molecule has 0 heterocycles. The Morgan fingerprint density at radius 2 is 1.82 bits per heavy atom. The average molecular weight is 300 g/mol. The van der Waals surface area contributed by atoms with Crippen molar-refractivity contribution in [2.75, 3.05) is 0 Å². The third-order valence-corrected chi connectivity index (χ3v) is 4.04. The Morgan fingerprint density at radius 3 is 2.41 bits per heavy atom. The lowest BCUT2D eigenvalue weighted by Crippen LogP contribution is -2.28. The summed E-state index contributed by atoms with van der Waals surface area (Å²) in [7, 11) is 0. The number of hydrogen-bond donors (Lipinski definition) is 1. The maximum Gasteiger partial charge on any atom is 0.143 e. The average Bonchev–Trinajstić information content (AvgIpc) is 2.36. The number of carbonyl (C=O) groups is 1. The zero-order chi connectivity index (χ0) is 16.8. The van der Waals surface area contributed by atoms with Crippen molar-refractivity contribution in [1.82, 2.24) is 0 Å². The van der Waals surface area contributed by atoms with Crippen molar-refractivity contribution in [2.24, 2.45) is 5.41 Å². The lowest BCUT2D eigenvalue weighted by atomic mass is 9.71. The molecule has 1 aliphatic rings. The van der Waals surface area contributed by atoms with Gasteiger partial charge in [0.1, 0.15) is 6.29 Å². The highest BCUT2D eigenvalue weighted by atomic mass is 16.3. The molecule has 1 aliphatic carbocycles. The molecule has 1 N–H and O–H groups in total. The van der Waals surface area contributed by atoms with Crippen molar-refractivity contribution in [3.8, 4) is 0 Å². The van der Waals surface area contributed by atoms with E-state index in [-0.39, 0.29) is 11.5 Å². The standard InChI is InChI=1S/C20H28O2/c1-15(7-6-8-16(2)11-12-21)9-10-19-17(3)13-18(22)14-20(19,4)5/h6-12,18,22H,13-14H2,1-5H3/b8-6+,10-9+,15-7+,16-11+/t18-/m1/s1. The number of aliphatic hydroxyl groups excluding tert-OH is 1. The molecule has 0 aromatic carbocycles. The summed E-state index contributed by atoms with van der Waals surface area (Å²) in [5.74, 6) is 0. The highest BCUT2D eigenvalue weighted by molar-refractivity contribution is 5.66. The predicted octanol–water partition coefficient (Wildman–Crippen LogP) is 4.69. The summed E-state index contributed by atoms with van der Waals surface area (Å²) in [5.41, 5.74) is 4.69. The van der Waals surface area contributed by atoms with Crippen LogP contribution in [-0.2, 0) is 4.79 Å². The van der Waals surface area contributed by atoms with Crippen LogP contribution in [0.15, 0.2) is 58.7 Å². The largest absolute Gasteiger partial charge is 0.393 e. The Labute approximate surface area is 134 Å². The summed E-state index contributed by atoms with van der Waals surface area (Å²) in [6, 6.07) is 0. The zero-order valence-corrected chi connectivity index (χ0v) is 14.4. The summed E-state index contributed by atoms with van der Waals surface area (Å²) in [5, 5.41) is 9.91. The number of aldehydes is 1. The van der Waals surface area contributed by atoms with E-state index in [4.69, 9.17) is 0 Å². The molecule has 0 unspecified atom stereocenters. The van der Waals surface area contributed by atoms with Gasteiger partial charge >= 0.3 is 0 Å². The van der Waals surface area contributed by atoms with Gasteiger partial charge in [0, 0.05) is 0 Å². The van der Waals surface area contributed by atoms with Gasteiger partial charge in [-0.1, -0.05) is 55.4 Å². The highest BCUT2D eigenvalue weighted by Gasteiger charge is 2.31. The molecular weight excluding hydrogens is 272 g/mol. The minimum absolute atomic E-state index is 0.0116. The summed E-state index contributed by atoms with van der Waals surface area (Å²) in [4.78, 5) is 10.3. The van der Waals surface area contributed by atoms with Gasteiger partial charge in [-0.25, -0.2) is 0 Å². The van der Waals surface area contributed by atoms with Gasteiger partial charge in [0.2, 0.25) is 0 Å². The van der Waals surface area contributed by atoms with Crippen molar-refractivity contribution < 1.29 is 9.90 Å². The van der Waals surface area contributed by atoms with Crippen LogP contribution >= 0.6 is 0 Å². The van der Waals surface area contributed by atoms with Crippen LogP contribution in [0.25, 0.3) is 0 Å². The SMILES string of the molecule is CC1=C(/C=C/C(C)=C/C=C/C(C)=C/C=O)C(C)(C)C[C@H](O)C1. The summed E-state index contributed by atoms with van der Waals surface area (Å²) in [6.45, 7) is 10.4. The second-order valence-corrected chi connectivity index (χ2v) is 6.79. The minimum Gasteiger partial charge on any atom is -0.393 e. The molecule has 0 saturated heterocycles. The van der Waals surface area contributed by atoms with Gasteiger partial charge in [0.25, 0.3) is 0 Å². The molecule has 0 bridgehead atoms. The molecule has 0 saturated carbocycles. The van der Waals surface area contributed by atoms with Crippen LogP contribution in [0.4, 0.5) is 0 Å². The Bertz CT molecular complexity index is 554. The van der Waals surface area contributed by atoms with Gasteiger partial charge in [-0.2, -0.15) is 0 Å². The summed E-state index contributed by atoms with van der Waals surface area (Å²) < 4.78 is 0. The minimum atomic E-state index is -0.223. The van der Waals surface area contributed by atoms with Crippen molar-refractivity contribution in [3.05, 3.63) is 58.7 Å². The van der Waals surface area contributed by atoms with E-state index in [1.165, 1.54) is 11.1 Å². The van der Waals surface area contributed by atoms with Crippen molar-refractivity contribution >= 4 is 6.29 Å². The normalized spacial score (nSPS) is 23.6. The van der Waals surface area contributed by atoms with E-state index < -0.39 is 0 Å². The molecule has 0 aromatic heterocycles. The van der Waals surface area contributed by atoms with E-state index in [1.54, 1.807) is 6.08 Å². The number of carbonyl (C=O) groups excluding carboxylic acids is 1. The predicted molar refractivity (Wildman–Crippen MR) is 93.6 cm³/mol. The van der Waals surface area contributed by atoms with Gasteiger partial charge in [0.05, 0.1) is 6.10 Å². The first kappa shape index (κ1) is 18.4. The maximum absolute atomic E-state index is 10.3. The molecule has 1 rings (SSSR count). The lowest BCUT2D eigenvalue weighted by molar-refractivity contribution is -0.104. The van der Waals surface area contributed by atoms with Crippen LogP contribution in [0, 0.1) is 5.41 Å². The van der Waals surface area contributed by atoms with E-state index in [2.05, 4.69) is 39.8 Å². The first-order valence-corrected chi connectivity index (χ1v) is 7.79. The Balaban J connectivity index is 2.84. The fourth-order valence-electron chi connectivity index (χ4n) is 2.96. The molecule has 22 heavy (non-hydrogen) atoms. The highest BCUT2D eigenvalue weighted by Crippen LogP contribution is 2.40. The second-order valence-electron chi connectivity index (χ2n) is 6.79. The second kappa shape index (κ2) is 8.09. The monoisotopic (exact) mass is 300 g/mol. The fraction of sp³-hybridized carbons (Fsp3) is 0.450. The van der Waals surface area contributed by atoms with Crippen molar-refractivity contribution in [2.45, 2.75) is 53.6 Å². The quantitative estimate of drug-likeness (QED) is 0.454.